The summed E-state index contributed by atoms with van der Waals surface area (Å²) < 4.78 is 12.4. The lowest BCUT2D eigenvalue weighted by Crippen LogP contribution is -2.08. The largest absolute Gasteiger partial charge is 0.242 e. The molecule has 0 radical (unpaired) electrons. The SMILES string of the molecule is CC.CC1C=CC=CC1F. The van der Waals surface area contributed by atoms with Crippen LogP contribution in [0.2, 0.25) is 0 Å². The predicted molar refractivity (Wildman–Crippen MR) is 43.7 cm³/mol. The lowest BCUT2D eigenvalue weighted by molar-refractivity contribution is 0.334. The number of alkyl halides is 1. The molecule has 1 aliphatic rings. The third-order valence-electron chi connectivity index (χ3n) is 1.32. The van der Waals surface area contributed by atoms with E-state index in [-0.39, 0.29) is 5.92 Å². The zero-order valence-electron chi connectivity index (χ0n) is 6.84. The molecule has 1 rings (SSSR count). The summed E-state index contributed by atoms with van der Waals surface area (Å²) in [7, 11) is 0. The first-order valence-corrected chi connectivity index (χ1v) is 3.80. The van der Waals surface area contributed by atoms with E-state index in [1.165, 1.54) is 0 Å². The lowest BCUT2D eigenvalue weighted by atomic mass is 10.0. The van der Waals surface area contributed by atoms with Crippen molar-refractivity contribution < 1.29 is 4.39 Å². The molecule has 0 fully saturated rings. The van der Waals surface area contributed by atoms with Gasteiger partial charge in [-0.1, -0.05) is 45.1 Å². The minimum atomic E-state index is -0.764. The molecule has 0 amide bonds. The van der Waals surface area contributed by atoms with Crippen LogP contribution in [0.4, 0.5) is 4.39 Å². The molecule has 0 heterocycles. The smallest absolute Gasteiger partial charge is 0.125 e. The Balaban J connectivity index is 0.000000371. The van der Waals surface area contributed by atoms with E-state index in [0.717, 1.165) is 0 Å². The van der Waals surface area contributed by atoms with Crippen LogP contribution in [0.25, 0.3) is 0 Å². The van der Waals surface area contributed by atoms with Gasteiger partial charge < -0.3 is 0 Å². The van der Waals surface area contributed by atoms with Crippen molar-refractivity contribution in [2.75, 3.05) is 0 Å². The van der Waals surface area contributed by atoms with Crippen LogP contribution in [0.5, 0.6) is 0 Å². The molecule has 10 heavy (non-hydrogen) atoms. The van der Waals surface area contributed by atoms with E-state index < -0.39 is 6.17 Å². The fourth-order valence-corrected chi connectivity index (χ4v) is 0.691. The minimum absolute atomic E-state index is 0.0694. The standard InChI is InChI=1S/C7H9F.C2H6/c1-6-4-2-3-5-7(6)8;1-2/h2-7H,1H3;1-2H3. The van der Waals surface area contributed by atoms with Gasteiger partial charge in [0, 0.05) is 5.92 Å². The summed E-state index contributed by atoms with van der Waals surface area (Å²) in [5.41, 5.74) is 0. The summed E-state index contributed by atoms with van der Waals surface area (Å²) >= 11 is 0. The molecule has 0 aliphatic heterocycles. The lowest BCUT2D eigenvalue weighted by Gasteiger charge is -2.09. The van der Waals surface area contributed by atoms with Crippen LogP contribution in [0.1, 0.15) is 20.8 Å². The van der Waals surface area contributed by atoms with Crippen molar-refractivity contribution in [1.82, 2.24) is 0 Å². The van der Waals surface area contributed by atoms with E-state index in [4.69, 9.17) is 0 Å². The molecule has 0 aromatic carbocycles. The minimum Gasteiger partial charge on any atom is -0.242 e. The first kappa shape index (κ1) is 9.41. The summed E-state index contributed by atoms with van der Waals surface area (Å²) in [5.74, 6) is 0.0694. The van der Waals surface area contributed by atoms with Gasteiger partial charge in [0.2, 0.25) is 0 Å². The Hall–Kier alpha value is -0.590. The molecule has 0 aromatic rings. The molecule has 2 unspecified atom stereocenters. The second kappa shape index (κ2) is 5.21. The van der Waals surface area contributed by atoms with E-state index >= 15 is 0 Å². The molecule has 0 bridgehead atoms. The van der Waals surface area contributed by atoms with Crippen LogP contribution in [0.15, 0.2) is 24.3 Å². The highest BCUT2D eigenvalue weighted by molar-refractivity contribution is 5.14. The molecular weight excluding hydrogens is 127 g/mol. The zero-order valence-corrected chi connectivity index (χ0v) is 6.84. The first-order valence-electron chi connectivity index (χ1n) is 3.80. The van der Waals surface area contributed by atoms with Crippen LogP contribution >= 0.6 is 0 Å². The van der Waals surface area contributed by atoms with Crippen LogP contribution in [-0.2, 0) is 0 Å². The average Bonchev–Trinajstić information content (AvgIpc) is 2.00. The summed E-state index contributed by atoms with van der Waals surface area (Å²) in [6.45, 7) is 5.87. The quantitative estimate of drug-likeness (QED) is 0.487. The maximum Gasteiger partial charge on any atom is 0.125 e. The molecule has 2 atom stereocenters. The Morgan fingerprint density at radius 3 is 1.90 bits per heavy atom. The van der Waals surface area contributed by atoms with Gasteiger partial charge >= 0.3 is 0 Å². The Kier molecular flexibility index (Phi) is 4.91. The van der Waals surface area contributed by atoms with Gasteiger partial charge in [0.25, 0.3) is 0 Å². The molecule has 0 nitrogen and oxygen atoms in total. The third kappa shape index (κ3) is 2.81. The highest BCUT2D eigenvalue weighted by Crippen LogP contribution is 2.13. The molecule has 0 spiro atoms. The van der Waals surface area contributed by atoms with Gasteiger partial charge in [-0.2, -0.15) is 0 Å². The molecular formula is C9H15F. The van der Waals surface area contributed by atoms with Crippen molar-refractivity contribution in [2.24, 2.45) is 5.92 Å². The summed E-state index contributed by atoms with van der Waals surface area (Å²) in [5, 5.41) is 0. The van der Waals surface area contributed by atoms with Crippen molar-refractivity contribution in [2.45, 2.75) is 26.9 Å². The normalized spacial score (nSPS) is 29.2. The van der Waals surface area contributed by atoms with Crippen molar-refractivity contribution in [3.63, 3.8) is 0 Å². The van der Waals surface area contributed by atoms with Gasteiger partial charge in [-0.3, -0.25) is 0 Å². The number of hydrogen-bond donors (Lipinski definition) is 0. The van der Waals surface area contributed by atoms with Crippen LogP contribution < -0.4 is 0 Å². The van der Waals surface area contributed by atoms with Gasteiger partial charge in [0.15, 0.2) is 0 Å². The van der Waals surface area contributed by atoms with E-state index in [0.29, 0.717) is 0 Å². The van der Waals surface area contributed by atoms with E-state index in [1.807, 2.05) is 32.9 Å². The molecule has 1 aliphatic carbocycles. The number of rotatable bonds is 0. The monoisotopic (exact) mass is 142 g/mol. The second-order valence-electron chi connectivity index (χ2n) is 2.07. The molecule has 0 N–H and O–H groups in total. The van der Waals surface area contributed by atoms with E-state index in [1.54, 1.807) is 12.2 Å². The summed E-state index contributed by atoms with van der Waals surface area (Å²) in [6.07, 6.45) is 6.29. The third-order valence-corrected chi connectivity index (χ3v) is 1.32. The van der Waals surface area contributed by atoms with Crippen molar-refractivity contribution in [3.05, 3.63) is 24.3 Å². The zero-order chi connectivity index (χ0) is 7.98. The van der Waals surface area contributed by atoms with Crippen molar-refractivity contribution in [1.29, 1.82) is 0 Å². The number of allylic oxidation sites excluding steroid dienone is 4. The van der Waals surface area contributed by atoms with E-state index in [2.05, 4.69) is 0 Å². The first-order chi connectivity index (χ1) is 4.80. The Morgan fingerprint density at radius 1 is 1.10 bits per heavy atom. The summed E-state index contributed by atoms with van der Waals surface area (Å²) in [6, 6.07) is 0. The predicted octanol–water partition coefficient (Wildman–Crippen LogP) is 3.11. The van der Waals surface area contributed by atoms with Gasteiger partial charge in [-0.05, 0) is 0 Å². The molecule has 0 saturated heterocycles. The number of hydrogen-bond acceptors (Lipinski definition) is 0. The Labute approximate surface area is 62.4 Å². The van der Waals surface area contributed by atoms with Gasteiger partial charge in [-0.15, -0.1) is 0 Å². The molecule has 0 aromatic heterocycles. The highest BCUT2D eigenvalue weighted by Gasteiger charge is 2.10. The fraction of sp³-hybridized carbons (Fsp3) is 0.556. The van der Waals surface area contributed by atoms with Gasteiger partial charge in [0.05, 0.1) is 0 Å². The van der Waals surface area contributed by atoms with Crippen molar-refractivity contribution >= 4 is 0 Å². The molecule has 1 heteroatoms. The fourth-order valence-electron chi connectivity index (χ4n) is 0.691. The molecule has 0 saturated carbocycles. The van der Waals surface area contributed by atoms with Crippen LogP contribution in [0, 0.1) is 5.92 Å². The number of halogens is 1. The topological polar surface area (TPSA) is 0 Å². The van der Waals surface area contributed by atoms with Gasteiger partial charge in [-0.25, -0.2) is 4.39 Å². The maximum atomic E-state index is 12.4. The Bertz CT molecular complexity index is 109. The van der Waals surface area contributed by atoms with E-state index in [9.17, 15) is 4.39 Å². The van der Waals surface area contributed by atoms with Gasteiger partial charge in [0.1, 0.15) is 6.17 Å². The molecule has 58 valence electrons. The maximum absolute atomic E-state index is 12.4. The van der Waals surface area contributed by atoms with Crippen LogP contribution in [-0.4, -0.2) is 6.17 Å². The Morgan fingerprint density at radius 2 is 1.60 bits per heavy atom. The summed E-state index contributed by atoms with van der Waals surface area (Å²) in [4.78, 5) is 0. The van der Waals surface area contributed by atoms with Crippen LogP contribution in [0.3, 0.4) is 0 Å². The highest BCUT2D eigenvalue weighted by atomic mass is 19.1. The van der Waals surface area contributed by atoms with Crippen molar-refractivity contribution in [3.8, 4) is 0 Å². The average molecular weight is 142 g/mol. The second-order valence-corrected chi connectivity index (χ2v) is 2.07.